The summed E-state index contributed by atoms with van der Waals surface area (Å²) in [6.45, 7) is -0.435. The number of carbonyl (C=O) groups excluding carboxylic acids is 1. The lowest BCUT2D eigenvalue weighted by Gasteiger charge is -2.15. The van der Waals surface area contributed by atoms with Gasteiger partial charge in [0.1, 0.15) is 6.54 Å². The van der Waals surface area contributed by atoms with Crippen LogP contribution in [0.4, 0.5) is 5.69 Å². The van der Waals surface area contributed by atoms with E-state index in [0.717, 1.165) is 35.7 Å². The summed E-state index contributed by atoms with van der Waals surface area (Å²) in [5.74, 6) is -0.701. The maximum atomic E-state index is 12.0. The first-order valence-corrected chi connectivity index (χ1v) is 6.50. The Morgan fingerprint density at radius 2 is 1.89 bits per heavy atom. The van der Waals surface area contributed by atoms with E-state index in [1.165, 1.54) is 7.05 Å². The zero-order chi connectivity index (χ0) is 14.6. The molecule has 0 amide bonds. The monoisotopic (exact) mass is 288 g/mol. The summed E-state index contributed by atoms with van der Waals surface area (Å²) in [7, 11) is -1.51. The molecule has 104 valence electrons. The molecule has 1 aromatic rings. The van der Waals surface area contributed by atoms with Gasteiger partial charge in [-0.05, 0) is 12.1 Å². The van der Waals surface area contributed by atoms with Gasteiger partial charge in [-0.2, -0.15) is 4.31 Å². The Balaban J connectivity index is 3.00. The molecule has 0 radical (unpaired) electrons. The molecular weight excluding hydrogens is 276 g/mol. The maximum absolute atomic E-state index is 12.0. The van der Waals surface area contributed by atoms with Crippen LogP contribution in [0.25, 0.3) is 0 Å². The number of likely N-dealkylation sites (N-methyl/N-ethyl adjacent to an activating group) is 1. The van der Waals surface area contributed by atoms with Gasteiger partial charge in [0.15, 0.2) is 0 Å². The molecule has 0 fully saturated rings. The van der Waals surface area contributed by atoms with E-state index in [1.54, 1.807) is 0 Å². The molecule has 19 heavy (non-hydrogen) atoms. The highest BCUT2D eigenvalue weighted by atomic mass is 32.2. The summed E-state index contributed by atoms with van der Waals surface area (Å²) >= 11 is 0. The maximum Gasteiger partial charge on any atom is 0.321 e. The van der Waals surface area contributed by atoms with Crippen LogP contribution < -0.4 is 0 Å². The summed E-state index contributed by atoms with van der Waals surface area (Å²) in [6.07, 6.45) is 0. The highest BCUT2D eigenvalue weighted by molar-refractivity contribution is 7.89. The molecule has 0 aliphatic carbocycles. The number of sulfonamides is 1. The van der Waals surface area contributed by atoms with Gasteiger partial charge in [0, 0.05) is 19.2 Å². The van der Waals surface area contributed by atoms with Crippen LogP contribution in [0, 0.1) is 10.1 Å². The van der Waals surface area contributed by atoms with Gasteiger partial charge in [-0.25, -0.2) is 8.42 Å². The highest BCUT2D eigenvalue weighted by Crippen LogP contribution is 2.18. The average Bonchev–Trinajstić information content (AvgIpc) is 2.38. The Hall–Kier alpha value is -2.00. The normalized spacial score (nSPS) is 11.3. The number of nitrogens with zero attached hydrogens (tertiary/aromatic N) is 2. The van der Waals surface area contributed by atoms with Crippen molar-refractivity contribution in [2.24, 2.45) is 0 Å². The number of hydrogen-bond acceptors (Lipinski definition) is 6. The molecule has 0 bridgehead atoms. The van der Waals surface area contributed by atoms with E-state index < -0.39 is 27.5 Å². The second-order valence-electron chi connectivity index (χ2n) is 3.59. The summed E-state index contributed by atoms with van der Waals surface area (Å²) in [5.41, 5.74) is -0.213. The predicted octanol–water partition coefficient (Wildman–Crippen LogP) is 0.388. The van der Waals surface area contributed by atoms with E-state index in [2.05, 4.69) is 4.74 Å². The smallest absolute Gasteiger partial charge is 0.321 e. The minimum atomic E-state index is -3.88. The van der Waals surface area contributed by atoms with E-state index in [4.69, 9.17) is 0 Å². The molecule has 0 atom stereocenters. The number of rotatable bonds is 5. The van der Waals surface area contributed by atoms with Crippen molar-refractivity contribution in [3.05, 3.63) is 34.4 Å². The summed E-state index contributed by atoms with van der Waals surface area (Å²) < 4.78 is 29.2. The Kier molecular flexibility index (Phi) is 4.57. The number of methoxy groups -OCH3 is 1. The lowest BCUT2D eigenvalue weighted by atomic mass is 10.3. The summed E-state index contributed by atoms with van der Waals surface area (Å²) in [5, 5.41) is 10.5. The minimum Gasteiger partial charge on any atom is -0.468 e. The molecule has 0 saturated carbocycles. The van der Waals surface area contributed by atoms with Crippen molar-refractivity contribution < 1.29 is 22.9 Å². The number of benzene rings is 1. The fourth-order valence-electron chi connectivity index (χ4n) is 1.25. The van der Waals surface area contributed by atoms with Gasteiger partial charge in [-0.3, -0.25) is 14.9 Å². The molecule has 0 N–H and O–H groups in total. The van der Waals surface area contributed by atoms with Crippen LogP contribution in [0.5, 0.6) is 0 Å². The molecule has 0 aliphatic heterocycles. The number of nitro benzene ring substituents is 1. The Bertz CT molecular complexity index is 581. The lowest BCUT2D eigenvalue weighted by molar-refractivity contribution is -0.384. The number of ether oxygens (including phenoxy) is 1. The first kappa shape index (κ1) is 15.1. The quantitative estimate of drug-likeness (QED) is 0.440. The van der Waals surface area contributed by atoms with Crippen LogP contribution in [-0.4, -0.2) is 44.3 Å². The first-order chi connectivity index (χ1) is 8.78. The molecule has 0 aliphatic rings. The van der Waals surface area contributed by atoms with Crippen molar-refractivity contribution in [1.82, 2.24) is 4.31 Å². The third kappa shape index (κ3) is 3.48. The third-order valence-corrected chi connectivity index (χ3v) is 4.15. The van der Waals surface area contributed by atoms with E-state index in [-0.39, 0.29) is 10.6 Å². The number of hydrogen-bond donors (Lipinski definition) is 0. The minimum absolute atomic E-state index is 0.135. The number of esters is 1. The second kappa shape index (κ2) is 5.76. The van der Waals surface area contributed by atoms with E-state index in [0.29, 0.717) is 0 Å². The van der Waals surface area contributed by atoms with Crippen molar-refractivity contribution in [3.8, 4) is 0 Å². The first-order valence-electron chi connectivity index (χ1n) is 5.06. The van der Waals surface area contributed by atoms with Crippen LogP contribution in [0.1, 0.15) is 0 Å². The van der Waals surface area contributed by atoms with Gasteiger partial charge in [0.25, 0.3) is 5.69 Å². The fourth-order valence-corrected chi connectivity index (χ4v) is 2.37. The predicted molar refractivity (Wildman–Crippen MR) is 64.9 cm³/mol. The number of carbonyl (C=O) groups is 1. The molecule has 0 spiro atoms. The van der Waals surface area contributed by atoms with E-state index in [1.807, 2.05) is 0 Å². The zero-order valence-corrected chi connectivity index (χ0v) is 11.1. The average molecular weight is 288 g/mol. The molecule has 0 saturated heterocycles. The third-order valence-electron chi connectivity index (χ3n) is 2.34. The van der Waals surface area contributed by atoms with Gasteiger partial charge in [-0.15, -0.1) is 0 Å². The standard InChI is InChI=1S/C10H12N2O6S/c1-11(7-10(13)18-2)19(16,17)9-5-3-8(4-6-9)12(14)15/h3-6H,7H2,1-2H3. The van der Waals surface area contributed by atoms with Crippen LogP contribution >= 0.6 is 0 Å². The SMILES string of the molecule is COC(=O)CN(C)S(=O)(=O)c1ccc([N+](=O)[O-])cc1. The molecule has 0 aromatic heterocycles. The van der Waals surface area contributed by atoms with Gasteiger partial charge >= 0.3 is 5.97 Å². The van der Waals surface area contributed by atoms with Gasteiger partial charge in [0.05, 0.1) is 16.9 Å². The summed E-state index contributed by atoms with van der Waals surface area (Å²) in [6, 6.07) is 4.39. The molecule has 8 nitrogen and oxygen atoms in total. The van der Waals surface area contributed by atoms with E-state index >= 15 is 0 Å². The Labute approximate surface area is 109 Å². The van der Waals surface area contributed by atoms with Gasteiger partial charge in [-0.1, -0.05) is 0 Å². The van der Waals surface area contributed by atoms with Crippen molar-refractivity contribution >= 4 is 21.7 Å². The number of non-ortho nitro benzene ring substituents is 1. The van der Waals surface area contributed by atoms with Crippen molar-refractivity contribution in [2.75, 3.05) is 20.7 Å². The lowest BCUT2D eigenvalue weighted by Crippen LogP contribution is -2.32. The molecular formula is C10H12N2O6S. The second-order valence-corrected chi connectivity index (χ2v) is 5.63. The van der Waals surface area contributed by atoms with Gasteiger partial charge in [0.2, 0.25) is 10.0 Å². The molecule has 0 heterocycles. The van der Waals surface area contributed by atoms with E-state index in [9.17, 15) is 23.3 Å². The van der Waals surface area contributed by atoms with Crippen molar-refractivity contribution in [2.45, 2.75) is 4.90 Å². The molecule has 0 unspecified atom stereocenters. The van der Waals surface area contributed by atoms with Crippen molar-refractivity contribution in [1.29, 1.82) is 0 Å². The molecule has 9 heteroatoms. The van der Waals surface area contributed by atoms with Crippen LogP contribution in [0.2, 0.25) is 0 Å². The largest absolute Gasteiger partial charge is 0.468 e. The zero-order valence-electron chi connectivity index (χ0n) is 10.3. The van der Waals surface area contributed by atoms with Crippen LogP contribution in [-0.2, 0) is 19.6 Å². The molecule has 1 rings (SSSR count). The Morgan fingerprint density at radius 3 is 2.32 bits per heavy atom. The molecule has 1 aromatic carbocycles. The fraction of sp³-hybridized carbons (Fsp3) is 0.300. The Morgan fingerprint density at radius 1 is 1.37 bits per heavy atom. The van der Waals surface area contributed by atoms with Gasteiger partial charge < -0.3 is 4.74 Å². The van der Waals surface area contributed by atoms with Crippen molar-refractivity contribution in [3.63, 3.8) is 0 Å². The highest BCUT2D eigenvalue weighted by Gasteiger charge is 2.23. The van der Waals surface area contributed by atoms with Crippen LogP contribution in [0.15, 0.2) is 29.2 Å². The topological polar surface area (TPSA) is 107 Å². The number of nitro groups is 1. The van der Waals surface area contributed by atoms with Crippen LogP contribution in [0.3, 0.4) is 0 Å². The summed E-state index contributed by atoms with van der Waals surface area (Å²) in [4.78, 5) is 20.7.